The summed E-state index contributed by atoms with van der Waals surface area (Å²) >= 11 is 0. The van der Waals surface area contributed by atoms with Crippen molar-refractivity contribution in [2.24, 2.45) is 0 Å². The van der Waals surface area contributed by atoms with E-state index in [0.717, 1.165) is 5.57 Å². The Labute approximate surface area is 117 Å². The zero-order chi connectivity index (χ0) is 14.5. The number of carbonyl (C=O) groups excluding carboxylic acids is 2. The maximum atomic E-state index is 12.1. The van der Waals surface area contributed by atoms with Gasteiger partial charge in [0, 0.05) is 0 Å². The summed E-state index contributed by atoms with van der Waals surface area (Å²) in [5, 5.41) is 0. The molecule has 2 aliphatic carbocycles. The highest BCUT2D eigenvalue weighted by molar-refractivity contribution is 6.09. The molecule has 2 rings (SSSR count). The second-order valence-corrected chi connectivity index (χ2v) is 4.08. The van der Waals surface area contributed by atoms with Crippen LogP contribution in [0.1, 0.15) is 0 Å². The second-order valence-electron chi connectivity index (χ2n) is 4.08. The van der Waals surface area contributed by atoms with Gasteiger partial charge in [-0.15, -0.1) is 0 Å². The van der Waals surface area contributed by atoms with Gasteiger partial charge in [-0.2, -0.15) is 0 Å². The Bertz CT molecular complexity index is 625. The predicted molar refractivity (Wildman–Crippen MR) is 74.6 cm³/mol. The van der Waals surface area contributed by atoms with Gasteiger partial charge in [-0.1, -0.05) is 42.5 Å². The van der Waals surface area contributed by atoms with E-state index in [1.165, 1.54) is 14.2 Å². The zero-order valence-electron chi connectivity index (χ0n) is 11.3. The fraction of sp³-hybridized carbons (Fsp3) is 0.125. The van der Waals surface area contributed by atoms with Crippen LogP contribution >= 0.6 is 0 Å². The summed E-state index contributed by atoms with van der Waals surface area (Å²) in [5.41, 5.74) is 1.84. The van der Waals surface area contributed by atoms with Crippen molar-refractivity contribution < 1.29 is 19.1 Å². The number of carbonyl (C=O) groups is 2. The maximum absolute atomic E-state index is 12.1. The molecule has 102 valence electrons. The number of hydrogen-bond acceptors (Lipinski definition) is 4. The van der Waals surface area contributed by atoms with Crippen LogP contribution in [0.4, 0.5) is 0 Å². The maximum Gasteiger partial charge on any atom is 0.339 e. The Hall–Kier alpha value is -2.62. The quantitative estimate of drug-likeness (QED) is 0.722. The highest BCUT2D eigenvalue weighted by Gasteiger charge is 2.27. The first-order valence-corrected chi connectivity index (χ1v) is 6.04. The molecule has 0 aliphatic heterocycles. The summed E-state index contributed by atoms with van der Waals surface area (Å²) < 4.78 is 9.54. The predicted octanol–water partition coefficient (Wildman–Crippen LogP) is 2.18. The molecule has 4 nitrogen and oxygen atoms in total. The van der Waals surface area contributed by atoms with Crippen molar-refractivity contribution in [3.8, 4) is 0 Å². The van der Waals surface area contributed by atoms with E-state index in [1.54, 1.807) is 24.3 Å². The highest BCUT2D eigenvalue weighted by Crippen LogP contribution is 2.29. The van der Waals surface area contributed by atoms with Crippen molar-refractivity contribution >= 4 is 11.9 Å². The van der Waals surface area contributed by atoms with Crippen LogP contribution < -0.4 is 0 Å². The first kappa shape index (κ1) is 13.8. The van der Waals surface area contributed by atoms with Gasteiger partial charge in [0.05, 0.1) is 25.4 Å². The van der Waals surface area contributed by atoms with Crippen LogP contribution in [0.15, 0.2) is 70.9 Å². The smallest absolute Gasteiger partial charge is 0.339 e. The summed E-state index contributed by atoms with van der Waals surface area (Å²) in [6.07, 6.45) is 14.2. The molecule has 0 unspecified atom stereocenters. The van der Waals surface area contributed by atoms with E-state index in [-0.39, 0.29) is 11.1 Å². The van der Waals surface area contributed by atoms with Gasteiger partial charge in [-0.05, 0) is 17.2 Å². The molecule has 2 aliphatic rings. The van der Waals surface area contributed by atoms with Crippen LogP contribution in [0.3, 0.4) is 0 Å². The first-order chi connectivity index (χ1) is 9.69. The molecule has 0 radical (unpaired) electrons. The molecule has 0 saturated heterocycles. The standard InChI is InChI=1S/C16H14O4/c1-19-15(17)13-10-6-8-11-7-4-3-5-9-12(11)14(13)16(18)20-2/h3-10H,1-2H3. The van der Waals surface area contributed by atoms with E-state index in [1.807, 2.05) is 24.3 Å². The van der Waals surface area contributed by atoms with Crippen LogP contribution in [-0.2, 0) is 19.1 Å². The van der Waals surface area contributed by atoms with Crippen molar-refractivity contribution in [2.75, 3.05) is 14.2 Å². The fourth-order valence-corrected chi connectivity index (χ4v) is 2.01. The Morgan fingerprint density at radius 3 is 2.30 bits per heavy atom. The van der Waals surface area contributed by atoms with Crippen molar-refractivity contribution in [3.63, 3.8) is 0 Å². The van der Waals surface area contributed by atoms with Gasteiger partial charge >= 0.3 is 11.9 Å². The third kappa shape index (κ3) is 2.54. The number of ether oxygens (including phenoxy) is 2. The second kappa shape index (κ2) is 6.02. The van der Waals surface area contributed by atoms with Crippen molar-refractivity contribution in [2.45, 2.75) is 0 Å². The number of fused-ring (bicyclic) bond motifs is 1. The topological polar surface area (TPSA) is 52.6 Å². The summed E-state index contributed by atoms with van der Waals surface area (Å²) in [5.74, 6) is -1.15. The molecule has 0 aromatic rings. The van der Waals surface area contributed by atoms with Crippen LogP contribution in [-0.4, -0.2) is 26.2 Å². The summed E-state index contributed by atoms with van der Waals surface area (Å²) in [6, 6.07) is 0. The van der Waals surface area contributed by atoms with Crippen molar-refractivity contribution in [1.82, 2.24) is 0 Å². The number of hydrogen-bond donors (Lipinski definition) is 0. The van der Waals surface area contributed by atoms with Gasteiger partial charge < -0.3 is 9.47 Å². The van der Waals surface area contributed by atoms with E-state index >= 15 is 0 Å². The third-order valence-corrected chi connectivity index (χ3v) is 2.94. The lowest BCUT2D eigenvalue weighted by atomic mass is 9.95. The molecule has 0 aromatic heterocycles. The Kier molecular flexibility index (Phi) is 4.15. The lowest BCUT2D eigenvalue weighted by Crippen LogP contribution is -2.16. The Morgan fingerprint density at radius 2 is 1.60 bits per heavy atom. The van der Waals surface area contributed by atoms with Gasteiger partial charge in [0.2, 0.25) is 0 Å². The molecule has 0 bridgehead atoms. The molecule has 4 heteroatoms. The van der Waals surface area contributed by atoms with E-state index in [4.69, 9.17) is 9.47 Å². The first-order valence-electron chi connectivity index (χ1n) is 6.04. The summed E-state index contributed by atoms with van der Waals surface area (Å²) in [6.45, 7) is 0. The van der Waals surface area contributed by atoms with E-state index in [0.29, 0.717) is 5.57 Å². The number of methoxy groups -OCH3 is 2. The van der Waals surface area contributed by atoms with Crippen molar-refractivity contribution in [1.29, 1.82) is 0 Å². The van der Waals surface area contributed by atoms with Crippen molar-refractivity contribution in [3.05, 3.63) is 70.9 Å². The van der Waals surface area contributed by atoms with Crippen LogP contribution in [0.2, 0.25) is 0 Å². The minimum atomic E-state index is -0.575. The average Bonchev–Trinajstić information content (AvgIpc) is 2.79. The molecule has 20 heavy (non-hydrogen) atoms. The van der Waals surface area contributed by atoms with Gasteiger partial charge in [-0.25, -0.2) is 9.59 Å². The highest BCUT2D eigenvalue weighted by atomic mass is 16.5. The molecular weight excluding hydrogens is 256 g/mol. The minimum absolute atomic E-state index is 0.181. The number of allylic oxidation sites excluding steroid dienone is 10. The minimum Gasteiger partial charge on any atom is -0.465 e. The van der Waals surface area contributed by atoms with Gasteiger partial charge in [0.1, 0.15) is 0 Å². The van der Waals surface area contributed by atoms with Gasteiger partial charge in [-0.3, -0.25) is 0 Å². The Morgan fingerprint density at radius 1 is 0.850 bits per heavy atom. The van der Waals surface area contributed by atoms with Gasteiger partial charge in [0.15, 0.2) is 0 Å². The zero-order valence-corrected chi connectivity index (χ0v) is 11.3. The van der Waals surface area contributed by atoms with Crippen LogP contribution in [0.5, 0.6) is 0 Å². The Balaban J connectivity index is 2.69. The third-order valence-electron chi connectivity index (χ3n) is 2.94. The van der Waals surface area contributed by atoms with Crippen LogP contribution in [0.25, 0.3) is 0 Å². The van der Waals surface area contributed by atoms with E-state index < -0.39 is 11.9 Å². The van der Waals surface area contributed by atoms with Crippen LogP contribution in [0, 0.1) is 0 Å². The molecule has 0 atom stereocenters. The van der Waals surface area contributed by atoms with E-state index in [9.17, 15) is 9.59 Å². The molecule has 0 fully saturated rings. The summed E-state index contributed by atoms with van der Waals surface area (Å²) in [7, 11) is 2.56. The number of rotatable bonds is 2. The molecule has 0 heterocycles. The molecule has 0 saturated carbocycles. The van der Waals surface area contributed by atoms with Gasteiger partial charge in [0.25, 0.3) is 0 Å². The molecule has 0 amide bonds. The molecule has 0 aromatic carbocycles. The summed E-state index contributed by atoms with van der Waals surface area (Å²) in [4.78, 5) is 24.0. The molecule has 0 spiro atoms. The lowest BCUT2D eigenvalue weighted by molar-refractivity contribution is -0.139. The fourth-order valence-electron chi connectivity index (χ4n) is 2.01. The number of esters is 2. The molecule has 0 N–H and O–H groups in total. The molecular formula is C16H14O4. The largest absolute Gasteiger partial charge is 0.465 e. The monoisotopic (exact) mass is 270 g/mol. The lowest BCUT2D eigenvalue weighted by Gasteiger charge is -2.12. The normalized spacial score (nSPS) is 16.7. The SMILES string of the molecule is COC(=O)C1=CC=CC2=CC=CC=CC2=C1C(=O)OC. The van der Waals surface area contributed by atoms with E-state index in [2.05, 4.69) is 0 Å². The average molecular weight is 270 g/mol.